The van der Waals surface area contributed by atoms with Gasteiger partial charge in [0.1, 0.15) is 6.54 Å². The number of likely N-dealkylation sites (N-methyl/N-ethyl adjacent to an activating group) is 1. The minimum absolute atomic E-state index is 0. The van der Waals surface area contributed by atoms with Crippen LogP contribution in [0, 0.1) is 0 Å². The standard InChI is InChI=1S/C9H18N2O3.ClH/c1-7(12)14-8(5-9(10)13)6-11(2,3)4;/h8H,5-6H2,1-4H3,(H-,10,13);1H. The van der Waals surface area contributed by atoms with Gasteiger partial charge >= 0.3 is 5.97 Å². The average molecular weight is 239 g/mol. The first-order valence-electron chi connectivity index (χ1n) is 4.46. The van der Waals surface area contributed by atoms with Crippen LogP contribution in [-0.4, -0.2) is 50.2 Å². The Morgan fingerprint density at radius 2 is 1.80 bits per heavy atom. The van der Waals surface area contributed by atoms with Crippen molar-refractivity contribution in [3.63, 3.8) is 0 Å². The molecule has 1 unspecified atom stereocenters. The highest BCUT2D eigenvalue weighted by Crippen LogP contribution is 2.04. The normalized spacial score (nSPS) is 12.5. The molecule has 1 amide bonds. The molecule has 0 saturated carbocycles. The molecule has 0 aromatic heterocycles. The molecule has 0 spiro atoms. The summed E-state index contributed by atoms with van der Waals surface area (Å²) in [6.45, 7) is 1.90. The van der Waals surface area contributed by atoms with Crippen LogP contribution in [0.2, 0.25) is 0 Å². The number of hydrogen-bond acceptors (Lipinski definition) is 3. The highest BCUT2D eigenvalue weighted by atomic mass is 35.5. The molecule has 0 heterocycles. The fourth-order valence-corrected chi connectivity index (χ4v) is 1.21. The van der Waals surface area contributed by atoms with Crippen LogP contribution >= 0.6 is 0 Å². The molecule has 0 fully saturated rings. The summed E-state index contributed by atoms with van der Waals surface area (Å²) in [5.74, 6) is -0.839. The van der Waals surface area contributed by atoms with E-state index in [1.165, 1.54) is 6.92 Å². The van der Waals surface area contributed by atoms with Crippen LogP contribution in [0.25, 0.3) is 0 Å². The summed E-state index contributed by atoms with van der Waals surface area (Å²) in [7, 11) is 5.87. The van der Waals surface area contributed by atoms with Gasteiger partial charge in [-0.05, 0) is 0 Å². The monoisotopic (exact) mass is 238 g/mol. The van der Waals surface area contributed by atoms with Crippen molar-refractivity contribution in [1.29, 1.82) is 0 Å². The Kier molecular flexibility index (Phi) is 7.35. The summed E-state index contributed by atoms with van der Waals surface area (Å²) >= 11 is 0. The first-order chi connectivity index (χ1) is 6.20. The molecule has 5 nitrogen and oxygen atoms in total. The maximum atomic E-state index is 10.7. The van der Waals surface area contributed by atoms with Gasteiger partial charge in [-0.2, -0.15) is 0 Å². The first-order valence-corrected chi connectivity index (χ1v) is 4.46. The van der Waals surface area contributed by atoms with E-state index in [2.05, 4.69) is 0 Å². The number of carbonyl (C=O) groups excluding carboxylic acids is 2. The van der Waals surface area contributed by atoms with Gasteiger partial charge in [-0.1, -0.05) is 0 Å². The van der Waals surface area contributed by atoms with E-state index in [1.54, 1.807) is 0 Å². The summed E-state index contributed by atoms with van der Waals surface area (Å²) in [4.78, 5) is 21.4. The zero-order valence-electron chi connectivity index (χ0n) is 9.62. The van der Waals surface area contributed by atoms with Crippen molar-refractivity contribution < 1.29 is 31.2 Å². The molecule has 0 saturated heterocycles. The maximum Gasteiger partial charge on any atom is 0.303 e. The van der Waals surface area contributed by atoms with Crippen LogP contribution in [0.4, 0.5) is 0 Å². The van der Waals surface area contributed by atoms with Crippen LogP contribution in [0.1, 0.15) is 13.3 Å². The minimum atomic E-state index is -0.454. The molecule has 1 atom stereocenters. The fourth-order valence-electron chi connectivity index (χ4n) is 1.21. The predicted octanol–water partition coefficient (Wildman–Crippen LogP) is -3.50. The van der Waals surface area contributed by atoms with Crippen LogP contribution in [0.5, 0.6) is 0 Å². The van der Waals surface area contributed by atoms with Gasteiger partial charge in [-0.25, -0.2) is 0 Å². The first kappa shape index (κ1) is 16.6. The van der Waals surface area contributed by atoms with Gasteiger partial charge in [-0.15, -0.1) is 0 Å². The maximum absolute atomic E-state index is 10.7. The number of esters is 1. The number of halogens is 1. The van der Waals surface area contributed by atoms with Crippen molar-refractivity contribution >= 4 is 11.9 Å². The number of ether oxygens (including phenoxy) is 1. The van der Waals surface area contributed by atoms with E-state index >= 15 is 0 Å². The SMILES string of the molecule is CC(=O)OC(CC(N)=O)C[N+](C)(C)C.[Cl-]. The molecule has 0 rings (SSSR count). The highest BCUT2D eigenvalue weighted by molar-refractivity contribution is 5.75. The third-order valence-electron chi connectivity index (χ3n) is 1.51. The van der Waals surface area contributed by atoms with E-state index < -0.39 is 12.0 Å². The Morgan fingerprint density at radius 1 is 1.33 bits per heavy atom. The van der Waals surface area contributed by atoms with Crippen LogP contribution in [0.3, 0.4) is 0 Å². The average Bonchev–Trinajstić information content (AvgIpc) is 1.77. The van der Waals surface area contributed by atoms with E-state index in [4.69, 9.17) is 10.5 Å². The number of nitrogens with two attached hydrogens (primary N) is 1. The van der Waals surface area contributed by atoms with Crippen molar-refractivity contribution in [2.45, 2.75) is 19.4 Å². The zero-order valence-corrected chi connectivity index (χ0v) is 10.4. The Balaban J connectivity index is 0. The summed E-state index contributed by atoms with van der Waals surface area (Å²) < 4.78 is 5.60. The van der Waals surface area contributed by atoms with Crippen molar-refractivity contribution in [2.24, 2.45) is 5.73 Å². The van der Waals surface area contributed by atoms with E-state index in [0.717, 1.165) is 0 Å². The Labute approximate surface area is 96.6 Å². The van der Waals surface area contributed by atoms with Crippen molar-refractivity contribution in [3.8, 4) is 0 Å². The van der Waals surface area contributed by atoms with E-state index in [0.29, 0.717) is 11.0 Å². The van der Waals surface area contributed by atoms with Crippen molar-refractivity contribution in [2.75, 3.05) is 27.7 Å². The molecule has 0 aromatic rings. The van der Waals surface area contributed by atoms with E-state index in [9.17, 15) is 9.59 Å². The number of carbonyl (C=O) groups is 2. The number of hydrogen-bond donors (Lipinski definition) is 1. The molecule has 2 N–H and O–H groups in total. The molecule has 0 aliphatic heterocycles. The van der Waals surface area contributed by atoms with Gasteiger partial charge < -0.3 is 27.4 Å². The smallest absolute Gasteiger partial charge is 0.303 e. The summed E-state index contributed by atoms with van der Waals surface area (Å²) in [5, 5.41) is 0. The van der Waals surface area contributed by atoms with Gasteiger partial charge in [0.15, 0.2) is 6.10 Å². The van der Waals surface area contributed by atoms with E-state index in [-0.39, 0.29) is 24.8 Å². The third-order valence-corrected chi connectivity index (χ3v) is 1.51. The minimum Gasteiger partial charge on any atom is -1.00 e. The molecule has 15 heavy (non-hydrogen) atoms. The summed E-state index contributed by atoms with van der Waals surface area (Å²) in [5.41, 5.74) is 5.05. The number of quaternary nitrogens is 1. The van der Waals surface area contributed by atoms with Crippen LogP contribution in [0.15, 0.2) is 0 Å². The van der Waals surface area contributed by atoms with Gasteiger partial charge in [0.25, 0.3) is 0 Å². The Hall–Kier alpha value is -0.810. The second-order valence-corrected chi connectivity index (χ2v) is 4.37. The fraction of sp³-hybridized carbons (Fsp3) is 0.778. The Bertz CT molecular complexity index is 210. The highest BCUT2D eigenvalue weighted by Gasteiger charge is 2.22. The topological polar surface area (TPSA) is 69.4 Å². The molecule has 6 heteroatoms. The molecular formula is C9H19ClN2O3. The lowest BCUT2D eigenvalue weighted by atomic mass is 10.2. The van der Waals surface area contributed by atoms with Gasteiger partial charge in [-0.3, -0.25) is 9.59 Å². The lowest BCUT2D eigenvalue weighted by molar-refractivity contribution is -0.873. The molecule has 0 bridgehead atoms. The largest absolute Gasteiger partial charge is 1.00 e. The predicted molar refractivity (Wildman–Crippen MR) is 52.3 cm³/mol. The zero-order chi connectivity index (χ0) is 11.4. The summed E-state index contributed by atoms with van der Waals surface area (Å²) in [6, 6.07) is 0. The number of nitrogens with zero attached hydrogens (tertiary/aromatic N) is 1. The second kappa shape index (κ2) is 6.63. The van der Waals surface area contributed by atoms with Crippen LogP contribution < -0.4 is 18.1 Å². The van der Waals surface area contributed by atoms with Gasteiger partial charge in [0.05, 0.1) is 27.6 Å². The number of amides is 1. The number of primary amides is 1. The molecule has 0 aliphatic rings. The molecule has 0 aliphatic carbocycles. The quantitative estimate of drug-likeness (QED) is 0.399. The molecular weight excluding hydrogens is 220 g/mol. The number of rotatable bonds is 5. The second-order valence-electron chi connectivity index (χ2n) is 4.37. The van der Waals surface area contributed by atoms with Gasteiger partial charge in [0.2, 0.25) is 5.91 Å². The third kappa shape index (κ3) is 11.1. The lowest BCUT2D eigenvalue weighted by Crippen LogP contribution is -3.00. The van der Waals surface area contributed by atoms with Crippen molar-refractivity contribution in [1.82, 2.24) is 0 Å². The lowest BCUT2D eigenvalue weighted by Gasteiger charge is -2.28. The summed E-state index contributed by atoms with van der Waals surface area (Å²) in [6.07, 6.45) is -0.347. The van der Waals surface area contributed by atoms with E-state index in [1.807, 2.05) is 21.1 Å². The van der Waals surface area contributed by atoms with Crippen molar-refractivity contribution in [3.05, 3.63) is 0 Å². The molecule has 0 aromatic carbocycles. The van der Waals surface area contributed by atoms with Gasteiger partial charge in [0, 0.05) is 6.92 Å². The Morgan fingerprint density at radius 3 is 2.07 bits per heavy atom. The molecule has 0 radical (unpaired) electrons. The molecule has 90 valence electrons. The van der Waals surface area contributed by atoms with Crippen LogP contribution in [-0.2, 0) is 14.3 Å².